The summed E-state index contributed by atoms with van der Waals surface area (Å²) in [4.78, 5) is 27.0. The van der Waals surface area contributed by atoms with Gasteiger partial charge in [0.25, 0.3) is 0 Å². The first-order valence-electron chi connectivity index (χ1n) is 8.53. The van der Waals surface area contributed by atoms with Crippen molar-refractivity contribution in [3.05, 3.63) is 24.0 Å². The number of rotatable bonds is 4. The highest BCUT2D eigenvalue weighted by molar-refractivity contribution is 8.13. The number of thioether (sulfide) groups is 1. The van der Waals surface area contributed by atoms with E-state index in [9.17, 15) is 14.0 Å². The predicted octanol–water partition coefficient (Wildman–Crippen LogP) is 3.45. The number of piperidine rings is 1. The molecule has 2 heterocycles. The van der Waals surface area contributed by atoms with E-state index in [2.05, 4.69) is 4.90 Å². The lowest BCUT2D eigenvalue weighted by atomic mass is 10.1. The molecule has 2 saturated heterocycles. The number of hydrogen-bond donors (Lipinski definition) is 0. The first-order valence-corrected chi connectivity index (χ1v) is 9.51. The smallest absolute Gasteiger partial charge is 0.227 e. The second-order valence-corrected chi connectivity index (χ2v) is 7.76. The zero-order chi connectivity index (χ0) is 17.1. The maximum atomic E-state index is 14.5. The average molecular weight is 350 g/mol. The molecule has 4 nitrogen and oxygen atoms in total. The molecule has 2 aliphatic heterocycles. The van der Waals surface area contributed by atoms with Crippen molar-refractivity contribution in [1.82, 2.24) is 0 Å². The average Bonchev–Trinajstić information content (AvgIpc) is 2.94. The maximum Gasteiger partial charge on any atom is 0.227 e. The Bertz CT molecular complexity index is 631. The Balaban J connectivity index is 1.69. The van der Waals surface area contributed by atoms with E-state index in [0.29, 0.717) is 30.1 Å². The summed E-state index contributed by atoms with van der Waals surface area (Å²) in [5, 5.41) is 0.0674. The van der Waals surface area contributed by atoms with Crippen LogP contribution in [-0.4, -0.2) is 36.4 Å². The highest BCUT2D eigenvalue weighted by Crippen LogP contribution is 2.31. The van der Waals surface area contributed by atoms with Gasteiger partial charge >= 0.3 is 0 Å². The molecule has 0 N–H and O–H groups in total. The summed E-state index contributed by atoms with van der Waals surface area (Å²) >= 11 is 1.25. The molecule has 0 aliphatic carbocycles. The molecule has 2 aliphatic rings. The monoisotopic (exact) mass is 350 g/mol. The molecule has 0 radical (unpaired) electrons. The molecule has 3 rings (SSSR count). The van der Waals surface area contributed by atoms with Crippen molar-refractivity contribution >= 4 is 34.2 Å². The predicted molar refractivity (Wildman–Crippen MR) is 96.1 cm³/mol. The largest absolute Gasteiger partial charge is 0.369 e. The zero-order valence-corrected chi connectivity index (χ0v) is 14.8. The molecule has 0 aromatic heterocycles. The third kappa shape index (κ3) is 3.91. The van der Waals surface area contributed by atoms with Crippen molar-refractivity contribution in [2.45, 2.75) is 32.6 Å². The lowest BCUT2D eigenvalue weighted by Crippen LogP contribution is -2.30. The van der Waals surface area contributed by atoms with Gasteiger partial charge in [-0.2, -0.15) is 0 Å². The van der Waals surface area contributed by atoms with Crippen molar-refractivity contribution < 1.29 is 14.0 Å². The number of nitrogens with zero attached hydrogens (tertiary/aromatic N) is 2. The van der Waals surface area contributed by atoms with Gasteiger partial charge in [-0.1, -0.05) is 11.8 Å². The van der Waals surface area contributed by atoms with E-state index >= 15 is 0 Å². The molecule has 1 atom stereocenters. The van der Waals surface area contributed by atoms with E-state index in [4.69, 9.17) is 0 Å². The molecule has 2 fully saturated rings. The Hall–Kier alpha value is -1.56. The van der Waals surface area contributed by atoms with Crippen molar-refractivity contribution in [3.8, 4) is 0 Å². The first-order chi connectivity index (χ1) is 11.5. The van der Waals surface area contributed by atoms with Crippen LogP contribution in [-0.2, 0) is 9.59 Å². The zero-order valence-electron chi connectivity index (χ0n) is 14.0. The molecular formula is C18H23FN2O2S. The number of hydrogen-bond acceptors (Lipinski definition) is 4. The van der Waals surface area contributed by atoms with E-state index in [1.54, 1.807) is 11.0 Å². The van der Waals surface area contributed by atoms with Gasteiger partial charge in [0, 0.05) is 44.4 Å². The maximum absolute atomic E-state index is 14.5. The quantitative estimate of drug-likeness (QED) is 0.834. The minimum atomic E-state index is -0.260. The van der Waals surface area contributed by atoms with Crippen LogP contribution in [0.4, 0.5) is 15.8 Å². The molecule has 130 valence electrons. The van der Waals surface area contributed by atoms with Crippen LogP contribution in [0.1, 0.15) is 32.6 Å². The number of carbonyl (C=O) groups excluding carboxylic acids is 2. The molecule has 6 heteroatoms. The summed E-state index contributed by atoms with van der Waals surface area (Å²) in [7, 11) is 0. The Kier molecular flexibility index (Phi) is 5.43. The van der Waals surface area contributed by atoms with E-state index in [0.717, 1.165) is 25.9 Å². The third-order valence-corrected chi connectivity index (χ3v) is 5.71. The molecule has 1 aromatic rings. The van der Waals surface area contributed by atoms with E-state index in [1.165, 1.54) is 31.2 Å². The highest BCUT2D eigenvalue weighted by Gasteiger charge is 2.31. The third-order valence-electron chi connectivity index (χ3n) is 4.67. The van der Waals surface area contributed by atoms with Gasteiger partial charge in [0.05, 0.1) is 5.69 Å². The lowest BCUT2D eigenvalue weighted by molar-refractivity contribution is -0.117. The summed E-state index contributed by atoms with van der Waals surface area (Å²) in [5.74, 6) is 0.542. The highest BCUT2D eigenvalue weighted by atomic mass is 32.2. The number of halogens is 1. The number of amides is 1. The van der Waals surface area contributed by atoms with Crippen LogP contribution >= 0.6 is 11.8 Å². The second kappa shape index (κ2) is 7.55. The first kappa shape index (κ1) is 17.3. The topological polar surface area (TPSA) is 40.6 Å². The van der Waals surface area contributed by atoms with E-state index in [1.807, 2.05) is 6.07 Å². The minimum absolute atomic E-state index is 0.00859. The molecule has 0 spiro atoms. The summed E-state index contributed by atoms with van der Waals surface area (Å²) < 4.78 is 14.5. The fraction of sp³-hybridized carbons (Fsp3) is 0.556. The second-order valence-electron chi connectivity index (χ2n) is 6.56. The van der Waals surface area contributed by atoms with Crippen LogP contribution in [0.5, 0.6) is 0 Å². The number of anilines is 2. The Morgan fingerprint density at radius 2 is 2.04 bits per heavy atom. The fourth-order valence-electron chi connectivity index (χ4n) is 3.43. The molecule has 0 bridgehead atoms. The number of benzene rings is 1. The van der Waals surface area contributed by atoms with Gasteiger partial charge in [-0.25, -0.2) is 4.39 Å². The van der Waals surface area contributed by atoms with Gasteiger partial charge in [-0.05, 0) is 43.4 Å². The van der Waals surface area contributed by atoms with Gasteiger partial charge in [0.2, 0.25) is 5.91 Å². The van der Waals surface area contributed by atoms with Gasteiger partial charge < -0.3 is 9.80 Å². The van der Waals surface area contributed by atoms with E-state index in [-0.39, 0.29) is 22.8 Å². The van der Waals surface area contributed by atoms with Crippen LogP contribution in [0.15, 0.2) is 18.2 Å². The van der Waals surface area contributed by atoms with Crippen LogP contribution < -0.4 is 9.80 Å². The van der Waals surface area contributed by atoms with Gasteiger partial charge in [-0.3, -0.25) is 9.59 Å². The van der Waals surface area contributed by atoms with Crippen molar-refractivity contribution in [1.29, 1.82) is 0 Å². The molecule has 0 saturated carbocycles. The van der Waals surface area contributed by atoms with Crippen molar-refractivity contribution in [2.75, 3.05) is 35.2 Å². The van der Waals surface area contributed by atoms with Crippen LogP contribution in [0.25, 0.3) is 0 Å². The Morgan fingerprint density at radius 3 is 2.71 bits per heavy atom. The van der Waals surface area contributed by atoms with Crippen molar-refractivity contribution in [2.24, 2.45) is 5.92 Å². The number of carbonyl (C=O) groups is 2. The standard InChI is InChI=1S/C18H23FN2O2S/c1-13(22)24-12-14-9-18(23)21(11-14)15-5-6-17(16(19)10-15)20-7-3-2-4-8-20/h5-6,10,14H,2-4,7-9,11-12H2,1H3. The van der Waals surface area contributed by atoms with E-state index < -0.39 is 0 Å². The molecule has 1 aromatic carbocycles. The lowest BCUT2D eigenvalue weighted by Gasteiger charge is -2.29. The summed E-state index contributed by atoms with van der Waals surface area (Å²) in [6.07, 6.45) is 3.83. The molecule has 1 unspecified atom stereocenters. The fourth-order valence-corrected chi connectivity index (χ4v) is 4.13. The van der Waals surface area contributed by atoms with Crippen LogP contribution in [0.2, 0.25) is 0 Å². The Labute approximate surface area is 146 Å². The summed E-state index contributed by atoms with van der Waals surface area (Å²) in [5.41, 5.74) is 1.25. The molecule has 1 amide bonds. The molecule has 24 heavy (non-hydrogen) atoms. The van der Waals surface area contributed by atoms with Gasteiger partial charge in [-0.15, -0.1) is 0 Å². The van der Waals surface area contributed by atoms with Crippen molar-refractivity contribution in [3.63, 3.8) is 0 Å². The molecular weight excluding hydrogens is 327 g/mol. The summed E-state index contributed by atoms with van der Waals surface area (Å²) in [6.45, 7) is 3.88. The minimum Gasteiger partial charge on any atom is -0.369 e. The van der Waals surface area contributed by atoms with Crippen LogP contribution in [0.3, 0.4) is 0 Å². The normalized spacial score (nSPS) is 21.4. The van der Waals surface area contributed by atoms with Crippen LogP contribution in [0, 0.1) is 11.7 Å². The van der Waals surface area contributed by atoms with Gasteiger partial charge in [0.1, 0.15) is 5.82 Å². The SMILES string of the molecule is CC(=O)SCC1CC(=O)N(c2ccc(N3CCCCC3)c(F)c2)C1. The summed E-state index contributed by atoms with van der Waals surface area (Å²) in [6, 6.07) is 5.11. The van der Waals surface area contributed by atoms with Gasteiger partial charge in [0.15, 0.2) is 5.12 Å². The Morgan fingerprint density at radius 1 is 1.29 bits per heavy atom.